The lowest BCUT2D eigenvalue weighted by molar-refractivity contribution is -0.144. The van der Waals surface area contributed by atoms with Gasteiger partial charge in [-0.05, 0) is 19.9 Å². The van der Waals surface area contributed by atoms with Gasteiger partial charge in [-0.2, -0.15) is 0 Å². The number of phenolic OH excluding ortho intramolecular Hbond substituents is 1. The van der Waals surface area contributed by atoms with Gasteiger partial charge in [-0.25, -0.2) is 0 Å². The topological polar surface area (TPSA) is 85.2 Å². The summed E-state index contributed by atoms with van der Waals surface area (Å²) in [7, 11) is 0. The van der Waals surface area contributed by atoms with Crippen LogP contribution in [-0.4, -0.2) is 36.3 Å². The molecule has 1 unspecified atom stereocenters. The van der Waals surface area contributed by atoms with Crippen LogP contribution in [0.15, 0.2) is 17.1 Å². The number of rotatable bonds is 4. The summed E-state index contributed by atoms with van der Waals surface area (Å²) in [5.74, 6) is -2.03. The van der Waals surface area contributed by atoms with Crippen LogP contribution in [0, 0.1) is 5.92 Å². The molecule has 0 aliphatic carbocycles. The molecule has 2 rings (SSSR count). The second-order valence-electron chi connectivity index (χ2n) is 4.14. The first kappa shape index (κ1) is 14.0. The largest absolute Gasteiger partial charge is 0.504 e. The zero-order valence-electron chi connectivity index (χ0n) is 11.3. The molecule has 6 nitrogen and oxygen atoms in total. The third-order valence-corrected chi connectivity index (χ3v) is 2.83. The summed E-state index contributed by atoms with van der Waals surface area (Å²) in [6, 6.07) is 2.75. The lowest BCUT2D eigenvalue weighted by atomic mass is 9.94. The zero-order chi connectivity index (χ0) is 14.7. The highest BCUT2D eigenvalue weighted by Crippen LogP contribution is 2.37. The van der Waals surface area contributed by atoms with Crippen LogP contribution >= 0.6 is 0 Å². The number of ketones is 1. The first-order valence-electron chi connectivity index (χ1n) is 6.33. The minimum absolute atomic E-state index is 0.154. The number of hydrogen-bond donors (Lipinski definition) is 1. The van der Waals surface area contributed by atoms with Crippen LogP contribution in [0.1, 0.15) is 24.2 Å². The average molecular weight is 277 g/mol. The van der Waals surface area contributed by atoms with E-state index in [4.69, 9.17) is 9.47 Å². The first-order valence-corrected chi connectivity index (χ1v) is 6.33. The van der Waals surface area contributed by atoms with Crippen molar-refractivity contribution in [2.24, 2.45) is 10.9 Å². The summed E-state index contributed by atoms with van der Waals surface area (Å²) in [5, 5.41) is 9.80. The molecule has 1 N–H and O–H groups in total. The monoisotopic (exact) mass is 277 g/mol. The Labute approximate surface area is 116 Å². The smallest absolute Gasteiger partial charge is 0.322 e. The van der Waals surface area contributed by atoms with Crippen LogP contribution in [0.3, 0.4) is 0 Å². The zero-order valence-corrected chi connectivity index (χ0v) is 11.3. The molecule has 20 heavy (non-hydrogen) atoms. The van der Waals surface area contributed by atoms with E-state index in [2.05, 4.69) is 4.99 Å². The summed E-state index contributed by atoms with van der Waals surface area (Å²) in [6.07, 6.45) is 1.26. The van der Waals surface area contributed by atoms with Gasteiger partial charge in [0.15, 0.2) is 23.2 Å². The summed E-state index contributed by atoms with van der Waals surface area (Å²) in [5.41, 5.74) is 0.559. The van der Waals surface area contributed by atoms with Gasteiger partial charge in [0, 0.05) is 17.8 Å². The fraction of sp³-hybridized carbons (Fsp3) is 0.357. The maximum Gasteiger partial charge on any atom is 0.322 e. The molecule has 0 amide bonds. The van der Waals surface area contributed by atoms with Gasteiger partial charge in [0.25, 0.3) is 0 Å². The van der Waals surface area contributed by atoms with Crippen molar-refractivity contribution in [2.75, 3.05) is 13.2 Å². The average Bonchev–Trinajstić information content (AvgIpc) is 2.41. The normalized spacial score (nSPS) is 16.7. The second kappa shape index (κ2) is 5.73. The summed E-state index contributed by atoms with van der Waals surface area (Å²) >= 11 is 0. The van der Waals surface area contributed by atoms with E-state index < -0.39 is 17.7 Å². The number of ether oxygens (including phenoxy) is 2. The van der Waals surface area contributed by atoms with Crippen molar-refractivity contribution in [2.45, 2.75) is 13.8 Å². The van der Waals surface area contributed by atoms with Gasteiger partial charge in [0.05, 0.1) is 18.9 Å². The Kier molecular flexibility index (Phi) is 4.02. The number of phenols is 1. The Morgan fingerprint density at radius 3 is 2.75 bits per heavy atom. The molecule has 0 saturated heterocycles. The van der Waals surface area contributed by atoms with E-state index in [9.17, 15) is 14.7 Å². The fourth-order valence-corrected chi connectivity index (χ4v) is 1.92. The SMILES string of the molecule is CCOC(=O)C1C=Nc2cc(OCC)c(O)cc2C1=O. The number of aromatic hydroxyl groups is 1. The molecule has 106 valence electrons. The van der Waals surface area contributed by atoms with Gasteiger partial charge in [-0.3, -0.25) is 14.6 Å². The predicted octanol–water partition coefficient (Wildman–Crippen LogP) is 1.87. The highest BCUT2D eigenvalue weighted by atomic mass is 16.5. The first-order chi connectivity index (χ1) is 9.58. The van der Waals surface area contributed by atoms with Crippen LogP contribution in [0.25, 0.3) is 0 Å². The van der Waals surface area contributed by atoms with Gasteiger partial charge >= 0.3 is 5.97 Å². The summed E-state index contributed by atoms with van der Waals surface area (Å²) in [6.45, 7) is 4.02. The van der Waals surface area contributed by atoms with Crippen LogP contribution in [0.5, 0.6) is 11.5 Å². The lowest BCUT2D eigenvalue weighted by Gasteiger charge is -2.17. The van der Waals surface area contributed by atoms with E-state index in [1.54, 1.807) is 13.8 Å². The molecule has 0 spiro atoms. The predicted molar refractivity (Wildman–Crippen MR) is 71.9 cm³/mol. The van der Waals surface area contributed by atoms with E-state index in [1.807, 2.05) is 0 Å². The van der Waals surface area contributed by atoms with Crippen molar-refractivity contribution >= 4 is 23.7 Å². The van der Waals surface area contributed by atoms with Crippen molar-refractivity contribution in [3.05, 3.63) is 17.7 Å². The van der Waals surface area contributed by atoms with E-state index in [-0.39, 0.29) is 23.7 Å². The maximum atomic E-state index is 12.2. The molecular formula is C14H15NO5. The third kappa shape index (κ3) is 2.49. The van der Waals surface area contributed by atoms with Crippen molar-refractivity contribution in [1.29, 1.82) is 0 Å². The Balaban J connectivity index is 2.36. The molecule has 1 aliphatic rings. The van der Waals surface area contributed by atoms with Crippen molar-refractivity contribution in [1.82, 2.24) is 0 Å². The highest BCUT2D eigenvalue weighted by Gasteiger charge is 2.32. The molecule has 1 aromatic carbocycles. The van der Waals surface area contributed by atoms with Gasteiger partial charge in [-0.1, -0.05) is 0 Å². The van der Waals surface area contributed by atoms with E-state index in [0.717, 1.165) is 0 Å². The molecule has 1 aromatic rings. The van der Waals surface area contributed by atoms with Crippen LogP contribution in [-0.2, 0) is 9.53 Å². The van der Waals surface area contributed by atoms with Gasteiger partial charge in [-0.15, -0.1) is 0 Å². The van der Waals surface area contributed by atoms with Crippen LogP contribution in [0.2, 0.25) is 0 Å². The van der Waals surface area contributed by atoms with Gasteiger partial charge in [0.2, 0.25) is 0 Å². The van der Waals surface area contributed by atoms with E-state index in [0.29, 0.717) is 12.3 Å². The Morgan fingerprint density at radius 2 is 2.10 bits per heavy atom. The second-order valence-corrected chi connectivity index (χ2v) is 4.14. The molecule has 1 aliphatic heterocycles. The molecule has 1 atom stereocenters. The number of hydrogen-bond acceptors (Lipinski definition) is 6. The van der Waals surface area contributed by atoms with Crippen molar-refractivity contribution in [3.8, 4) is 11.5 Å². The Bertz CT molecular complexity index is 579. The lowest BCUT2D eigenvalue weighted by Crippen LogP contribution is -2.29. The van der Waals surface area contributed by atoms with E-state index in [1.165, 1.54) is 18.3 Å². The Morgan fingerprint density at radius 1 is 1.35 bits per heavy atom. The molecule has 1 heterocycles. The van der Waals surface area contributed by atoms with E-state index >= 15 is 0 Å². The number of carbonyl (C=O) groups is 2. The minimum atomic E-state index is -1.06. The quantitative estimate of drug-likeness (QED) is 0.670. The van der Waals surface area contributed by atoms with Crippen LogP contribution < -0.4 is 4.74 Å². The number of Topliss-reactive ketones (excluding diaryl/α,β-unsaturated/α-hetero) is 1. The van der Waals surface area contributed by atoms with Crippen molar-refractivity contribution < 1.29 is 24.2 Å². The number of benzene rings is 1. The number of aliphatic imine (C=N–C) groups is 1. The molecule has 0 radical (unpaired) electrons. The van der Waals surface area contributed by atoms with Crippen LogP contribution in [0.4, 0.5) is 5.69 Å². The number of fused-ring (bicyclic) bond motifs is 1. The number of nitrogens with zero attached hydrogens (tertiary/aromatic N) is 1. The summed E-state index contributed by atoms with van der Waals surface area (Å²) in [4.78, 5) is 27.9. The maximum absolute atomic E-state index is 12.2. The van der Waals surface area contributed by atoms with Gasteiger partial charge in [0.1, 0.15) is 0 Å². The van der Waals surface area contributed by atoms with Gasteiger partial charge < -0.3 is 14.6 Å². The molecular weight excluding hydrogens is 262 g/mol. The number of carbonyl (C=O) groups excluding carboxylic acids is 2. The molecule has 0 saturated carbocycles. The Hall–Kier alpha value is -2.37. The molecule has 6 heteroatoms. The third-order valence-electron chi connectivity index (χ3n) is 2.83. The molecule has 0 aromatic heterocycles. The minimum Gasteiger partial charge on any atom is -0.504 e. The summed E-state index contributed by atoms with van der Waals surface area (Å²) < 4.78 is 10.0. The number of esters is 1. The highest BCUT2D eigenvalue weighted by molar-refractivity contribution is 6.22. The fourth-order valence-electron chi connectivity index (χ4n) is 1.92. The van der Waals surface area contributed by atoms with Crippen molar-refractivity contribution in [3.63, 3.8) is 0 Å². The molecule has 0 bridgehead atoms. The standard InChI is InChI=1S/C14H15NO5/c1-3-19-12-6-10-8(5-11(12)16)13(17)9(7-15-10)14(18)20-4-2/h5-7,9,16H,3-4H2,1-2H3. The molecule has 0 fully saturated rings.